The molecule has 21 heavy (non-hydrogen) atoms. The summed E-state index contributed by atoms with van der Waals surface area (Å²) in [6, 6.07) is 4.75. The third kappa shape index (κ3) is 6.01. The summed E-state index contributed by atoms with van der Waals surface area (Å²) in [5.74, 6) is 0. The van der Waals surface area contributed by atoms with Crippen molar-refractivity contribution in [2.45, 2.75) is 5.66 Å². The van der Waals surface area contributed by atoms with Gasteiger partial charge in [0.1, 0.15) is 0 Å². The molecule has 0 unspecified atom stereocenters. The van der Waals surface area contributed by atoms with Gasteiger partial charge < -0.3 is 31.6 Å². The van der Waals surface area contributed by atoms with Gasteiger partial charge in [0, 0.05) is 19.7 Å². The fourth-order valence-corrected chi connectivity index (χ4v) is 1.84. The zero-order valence-electron chi connectivity index (χ0n) is 12.5. The first kappa shape index (κ1) is 22.1. The SMILES string of the molecule is CN(C)C/C=C\c1cccc(C(F)(F)P(=O)([O-])[O-])c1.[NH4+].[NH4+]. The Morgan fingerprint density at radius 1 is 1.29 bits per heavy atom. The monoisotopic (exact) mass is 325 g/mol. The van der Waals surface area contributed by atoms with Crippen LogP contribution in [0.3, 0.4) is 0 Å². The number of hydrogen-bond donors (Lipinski definition) is 2. The minimum absolute atomic E-state index is 0. The molecule has 0 aliphatic rings. The number of alkyl halides is 2. The van der Waals surface area contributed by atoms with E-state index in [0.29, 0.717) is 12.1 Å². The van der Waals surface area contributed by atoms with Crippen LogP contribution in [0.15, 0.2) is 30.3 Å². The zero-order valence-corrected chi connectivity index (χ0v) is 13.4. The Bertz CT molecular complexity index is 518. The predicted octanol–water partition coefficient (Wildman–Crippen LogP) is 1.98. The standard InChI is InChI=1S/C12H16F2NO3P.2H3N/c1-15(2)8-4-6-10-5-3-7-11(9-10)12(13,14)19(16,17)18;;/h3-7,9H,8H2,1-2H3,(H2,16,17,18);2*1H3/b6-4-;;. The van der Waals surface area contributed by atoms with Gasteiger partial charge in [0.2, 0.25) is 0 Å². The fourth-order valence-electron chi connectivity index (χ4n) is 1.39. The quantitative estimate of drug-likeness (QED) is 0.799. The Labute approximate surface area is 122 Å². The van der Waals surface area contributed by atoms with Crippen LogP contribution in [-0.2, 0) is 10.2 Å². The van der Waals surface area contributed by atoms with E-state index in [2.05, 4.69) is 0 Å². The second kappa shape index (κ2) is 8.33. The Kier molecular flexibility index (Phi) is 8.78. The van der Waals surface area contributed by atoms with Gasteiger partial charge >= 0.3 is 0 Å². The van der Waals surface area contributed by atoms with E-state index in [1.54, 1.807) is 18.2 Å². The van der Waals surface area contributed by atoms with Gasteiger partial charge in [-0.05, 0) is 25.7 Å². The molecule has 1 rings (SSSR count). The summed E-state index contributed by atoms with van der Waals surface area (Å²) in [7, 11) is -2.32. The maximum atomic E-state index is 13.4. The zero-order chi connectivity index (χ0) is 14.7. The normalized spacial score (nSPS) is 12.1. The molecule has 0 amide bonds. The topological polar surface area (TPSA) is 139 Å². The summed E-state index contributed by atoms with van der Waals surface area (Å²) in [5, 5.41) is 0. The molecule has 0 fully saturated rings. The van der Waals surface area contributed by atoms with Crippen molar-refractivity contribution in [3.8, 4) is 0 Å². The largest absolute Gasteiger partial charge is 0.806 e. The number of rotatable bonds is 5. The molecule has 0 radical (unpaired) electrons. The molecule has 8 N–H and O–H groups in total. The first-order chi connectivity index (χ1) is 8.64. The number of nitrogens with zero attached hydrogens (tertiary/aromatic N) is 1. The molecule has 1 aromatic carbocycles. The molecule has 0 aliphatic carbocycles. The summed E-state index contributed by atoms with van der Waals surface area (Å²) in [5.41, 5.74) is -4.79. The molecule has 0 aromatic heterocycles. The summed E-state index contributed by atoms with van der Waals surface area (Å²) in [6.07, 6.45) is 3.32. The Morgan fingerprint density at radius 3 is 2.33 bits per heavy atom. The van der Waals surface area contributed by atoms with Crippen LogP contribution in [0, 0.1) is 0 Å². The molecule has 9 heteroatoms. The molecule has 6 nitrogen and oxygen atoms in total. The van der Waals surface area contributed by atoms with Gasteiger partial charge in [-0.25, -0.2) is 0 Å². The van der Waals surface area contributed by atoms with Crippen LogP contribution in [0.5, 0.6) is 0 Å². The average Bonchev–Trinajstić information content (AvgIpc) is 2.27. The highest BCUT2D eigenvalue weighted by Gasteiger charge is 2.35. The lowest BCUT2D eigenvalue weighted by Crippen LogP contribution is -2.29. The van der Waals surface area contributed by atoms with Crippen LogP contribution in [-0.4, -0.2) is 25.5 Å². The maximum Gasteiger partial charge on any atom is 0.296 e. The van der Waals surface area contributed by atoms with Crippen LogP contribution in [0.2, 0.25) is 0 Å². The van der Waals surface area contributed by atoms with Crippen LogP contribution in [0.25, 0.3) is 6.08 Å². The van der Waals surface area contributed by atoms with Crippen molar-refractivity contribution in [1.82, 2.24) is 17.2 Å². The highest BCUT2D eigenvalue weighted by atomic mass is 31.2. The van der Waals surface area contributed by atoms with Crippen molar-refractivity contribution < 1.29 is 23.1 Å². The minimum atomic E-state index is -6.02. The highest BCUT2D eigenvalue weighted by Crippen LogP contribution is 2.53. The van der Waals surface area contributed by atoms with E-state index in [-0.39, 0.29) is 12.3 Å². The van der Waals surface area contributed by atoms with Crippen LogP contribution >= 0.6 is 7.60 Å². The smallest absolute Gasteiger partial charge is 0.296 e. The van der Waals surface area contributed by atoms with Gasteiger partial charge in [-0.2, -0.15) is 8.78 Å². The van der Waals surface area contributed by atoms with E-state index < -0.39 is 18.8 Å². The van der Waals surface area contributed by atoms with Gasteiger partial charge in [0.05, 0.1) is 0 Å². The summed E-state index contributed by atoms with van der Waals surface area (Å²) in [6.45, 7) is 0.613. The number of benzene rings is 1. The summed E-state index contributed by atoms with van der Waals surface area (Å²) < 4.78 is 37.3. The molecular formula is C12H22F2N3O3P. The highest BCUT2D eigenvalue weighted by molar-refractivity contribution is 7.49. The first-order valence-electron chi connectivity index (χ1n) is 5.46. The maximum absolute atomic E-state index is 13.4. The third-order valence-electron chi connectivity index (χ3n) is 2.36. The lowest BCUT2D eigenvalue weighted by atomic mass is 10.1. The molecule has 0 saturated carbocycles. The van der Waals surface area contributed by atoms with Crippen LogP contribution < -0.4 is 22.1 Å². The molecule has 0 spiro atoms. The van der Waals surface area contributed by atoms with Crippen molar-refractivity contribution in [2.24, 2.45) is 0 Å². The molecule has 122 valence electrons. The Morgan fingerprint density at radius 2 is 1.86 bits per heavy atom. The molecule has 0 heterocycles. The molecule has 1 aromatic rings. The summed E-state index contributed by atoms with van der Waals surface area (Å²) in [4.78, 5) is 23.0. The van der Waals surface area contributed by atoms with Crippen molar-refractivity contribution in [3.05, 3.63) is 41.5 Å². The second-order valence-corrected chi connectivity index (χ2v) is 5.89. The van der Waals surface area contributed by atoms with Gasteiger partial charge in [0.15, 0.2) is 0 Å². The van der Waals surface area contributed by atoms with E-state index >= 15 is 0 Å². The Hall–Kier alpha value is -1.15. The van der Waals surface area contributed by atoms with Crippen molar-refractivity contribution in [2.75, 3.05) is 20.6 Å². The lowest BCUT2D eigenvalue weighted by Gasteiger charge is -2.37. The van der Waals surface area contributed by atoms with E-state index in [1.807, 2.05) is 19.0 Å². The molecule has 0 atom stereocenters. The van der Waals surface area contributed by atoms with Crippen molar-refractivity contribution >= 4 is 13.7 Å². The van der Waals surface area contributed by atoms with E-state index in [1.165, 1.54) is 6.07 Å². The van der Waals surface area contributed by atoms with Gasteiger partial charge in [0.25, 0.3) is 5.66 Å². The molecule has 0 saturated heterocycles. The van der Waals surface area contributed by atoms with Gasteiger partial charge in [-0.1, -0.05) is 30.4 Å². The number of hydrogen-bond acceptors (Lipinski definition) is 4. The van der Waals surface area contributed by atoms with Crippen LogP contribution in [0.1, 0.15) is 11.1 Å². The van der Waals surface area contributed by atoms with Crippen molar-refractivity contribution in [1.29, 1.82) is 0 Å². The van der Waals surface area contributed by atoms with Gasteiger partial charge in [-0.15, -0.1) is 0 Å². The molecular weight excluding hydrogens is 303 g/mol. The number of halogens is 2. The van der Waals surface area contributed by atoms with Crippen molar-refractivity contribution in [3.63, 3.8) is 0 Å². The minimum Gasteiger partial charge on any atom is -0.806 e. The van der Waals surface area contributed by atoms with Crippen LogP contribution in [0.4, 0.5) is 8.78 Å². The number of quaternary nitrogens is 2. The van der Waals surface area contributed by atoms with E-state index in [4.69, 9.17) is 0 Å². The van der Waals surface area contributed by atoms with E-state index in [9.17, 15) is 23.1 Å². The van der Waals surface area contributed by atoms with E-state index in [0.717, 1.165) is 12.1 Å². The molecule has 0 aliphatic heterocycles. The number of likely N-dealkylation sites (N-methyl/N-ethyl adjacent to an activating group) is 1. The first-order valence-corrected chi connectivity index (χ1v) is 7.00. The average molecular weight is 325 g/mol. The fraction of sp³-hybridized carbons (Fsp3) is 0.333. The lowest BCUT2D eigenvalue weighted by molar-refractivity contribution is -0.335. The second-order valence-electron chi connectivity index (χ2n) is 4.33. The van der Waals surface area contributed by atoms with Gasteiger partial charge in [-0.3, -0.25) is 0 Å². The molecule has 0 bridgehead atoms. The third-order valence-corrected chi connectivity index (χ3v) is 3.30. The predicted molar refractivity (Wildman–Crippen MR) is 77.5 cm³/mol. The summed E-state index contributed by atoms with van der Waals surface area (Å²) >= 11 is 0. The Balaban J connectivity index is 0.